The second-order valence-electron chi connectivity index (χ2n) is 5.43. The minimum absolute atomic E-state index is 0.0271. The van der Waals surface area contributed by atoms with Crippen LogP contribution in [0.25, 0.3) is 0 Å². The molecule has 2 rings (SSSR count). The van der Waals surface area contributed by atoms with E-state index in [4.69, 9.17) is 4.74 Å². The smallest absolute Gasteiger partial charge is 0.242 e. The number of carbonyl (C=O) groups is 2. The molecule has 2 fully saturated rings. The van der Waals surface area contributed by atoms with Crippen LogP contribution in [-0.4, -0.2) is 37.1 Å². The van der Waals surface area contributed by atoms with Gasteiger partial charge in [0.15, 0.2) is 0 Å². The predicted octanol–water partition coefficient (Wildman–Crippen LogP) is 1.12. The van der Waals surface area contributed by atoms with Gasteiger partial charge in [0.25, 0.3) is 0 Å². The van der Waals surface area contributed by atoms with Gasteiger partial charge in [-0.05, 0) is 25.7 Å². The molecular weight excluding hydrogens is 244 g/mol. The van der Waals surface area contributed by atoms with E-state index in [0.29, 0.717) is 32.1 Å². The Morgan fingerprint density at radius 1 is 1.26 bits per heavy atom. The maximum atomic E-state index is 11.7. The molecule has 0 aromatic rings. The molecule has 0 unspecified atom stereocenters. The molecule has 1 heterocycles. The van der Waals surface area contributed by atoms with Crippen LogP contribution in [0.2, 0.25) is 0 Å². The molecule has 5 heteroatoms. The van der Waals surface area contributed by atoms with Crippen molar-refractivity contribution in [2.24, 2.45) is 0 Å². The number of hydrogen-bond acceptors (Lipinski definition) is 3. The second kappa shape index (κ2) is 7.48. The van der Waals surface area contributed by atoms with E-state index in [1.165, 1.54) is 32.1 Å². The summed E-state index contributed by atoms with van der Waals surface area (Å²) >= 11 is 0. The average molecular weight is 268 g/mol. The van der Waals surface area contributed by atoms with Crippen LogP contribution in [0.5, 0.6) is 0 Å². The zero-order valence-corrected chi connectivity index (χ0v) is 11.5. The Morgan fingerprint density at radius 3 is 2.74 bits per heavy atom. The zero-order valence-electron chi connectivity index (χ0n) is 11.5. The predicted molar refractivity (Wildman–Crippen MR) is 71.6 cm³/mol. The normalized spacial score (nSPS) is 24.2. The molecular formula is C14H24N2O3. The molecule has 0 aromatic heterocycles. The number of carbonyl (C=O) groups excluding carboxylic acids is 2. The standard InChI is InChI=1S/C14H24N2O3/c17-13-8-7-12(16-13)14(18)15-9-4-10-19-11-5-2-1-3-6-11/h11-12H,1-10H2,(H,15,18)(H,16,17)/t12-/m1/s1. The van der Waals surface area contributed by atoms with Crippen molar-refractivity contribution in [3.05, 3.63) is 0 Å². The fourth-order valence-electron chi connectivity index (χ4n) is 2.70. The summed E-state index contributed by atoms with van der Waals surface area (Å²) in [5.74, 6) is -0.0932. The van der Waals surface area contributed by atoms with Crippen LogP contribution >= 0.6 is 0 Å². The summed E-state index contributed by atoms with van der Waals surface area (Å²) in [5, 5.41) is 5.51. The first-order valence-corrected chi connectivity index (χ1v) is 7.44. The topological polar surface area (TPSA) is 67.4 Å². The molecule has 0 aromatic carbocycles. The second-order valence-corrected chi connectivity index (χ2v) is 5.43. The number of nitrogens with one attached hydrogen (secondary N) is 2. The van der Waals surface area contributed by atoms with Crippen molar-refractivity contribution < 1.29 is 14.3 Å². The Hall–Kier alpha value is -1.10. The number of amides is 2. The maximum absolute atomic E-state index is 11.7. The van der Waals surface area contributed by atoms with Gasteiger partial charge < -0.3 is 15.4 Å². The van der Waals surface area contributed by atoms with Gasteiger partial charge in [0.1, 0.15) is 6.04 Å². The summed E-state index contributed by atoms with van der Waals surface area (Å²) in [5.41, 5.74) is 0. The summed E-state index contributed by atoms with van der Waals surface area (Å²) in [6.07, 6.45) is 8.60. The van der Waals surface area contributed by atoms with E-state index in [1.54, 1.807) is 0 Å². The maximum Gasteiger partial charge on any atom is 0.242 e. The first kappa shape index (κ1) is 14.3. The Labute approximate surface area is 114 Å². The molecule has 0 bridgehead atoms. The molecule has 19 heavy (non-hydrogen) atoms. The lowest BCUT2D eigenvalue weighted by Crippen LogP contribution is -2.42. The number of hydrogen-bond donors (Lipinski definition) is 2. The molecule has 2 aliphatic rings. The van der Waals surface area contributed by atoms with Crippen LogP contribution in [0.15, 0.2) is 0 Å². The zero-order chi connectivity index (χ0) is 13.5. The lowest BCUT2D eigenvalue weighted by atomic mass is 9.98. The van der Waals surface area contributed by atoms with E-state index >= 15 is 0 Å². The molecule has 108 valence electrons. The van der Waals surface area contributed by atoms with E-state index in [9.17, 15) is 9.59 Å². The molecule has 5 nitrogen and oxygen atoms in total. The van der Waals surface area contributed by atoms with Crippen molar-refractivity contribution in [3.8, 4) is 0 Å². The highest BCUT2D eigenvalue weighted by Gasteiger charge is 2.26. The third-order valence-corrected chi connectivity index (χ3v) is 3.84. The summed E-state index contributed by atoms with van der Waals surface area (Å²) in [7, 11) is 0. The van der Waals surface area contributed by atoms with Gasteiger partial charge in [-0.15, -0.1) is 0 Å². The van der Waals surface area contributed by atoms with Crippen molar-refractivity contribution in [2.75, 3.05) is 13.2 Å². The van der Waals surface area contributed by atoms with Gasteiger partial charge in [0, 0.05) is 19.6 Å². The van der Waals surface area contributed by atoms with Gasteiger partial charge in [-0.2, -0.15) is 0 Å². The highest BCUT2D eigenvalue weighted by atomic mass is 16.5. The fraction of sp³-hybridized carbons (Fsp3) is 0.857. The molecule has 1 aliphatic carbocycles. The van der Waals surface area contributed by atoms with E-state index in [2.05, 4.69) is 10.6 Å². The average Bonchev–Trinajstić information content (AvgIpc) is 2.86. The van der Waals surface area contributed by atoms with E-state index in [0.717, 1.165) is 6.42 Å². The number of ether oxygens (including phenoxy) is 1. The summed E-state index contributed by atoms with van der Waals surface area (Å²) in [6.45, 7) is 1.33. The summed E-state index contributed by atoms with van der Waals surface area (Å²) in [6, 6.07) is -0.327. The van der Waals surface area contributed by atoms with Gasteiger partial charge in [-0.3, -0.25) is 9.59 Å². The molecule has 1 atom stereocenters. The van der Waals surface area contributed by atoms with Crippen molar-refractivity contribution in [1.29, 1.82) is 0 Å². The Bertz CT molecular complexity index is 314. The molecule has 1 saturated heterocycles. The largest absolute Gasteiger partial charge is 0.378 e. The monoisotopic (exact) mass is 268 g/mol. The van der Waals surface area contributed by atoms with Crippen LogP contribution in [0.3, 0.4) is 0 Å². The summed E-state index contributed by atoms with van der Waals surface area (Å²) < 4.78 is 5.79. The van der Waals surface area contributed by atoms with Crippen molar-refractivity contribution in [1.82, 2.24) is 10.6 Å². The van der Waals surface area contributed by atoms with E-state index in [-0.39, 0.29) is 17.9 Å². The van der Waals surface area contributed by atoms with Crippen LogP contribution < -0.4 is 10.6 Å². The highest BCUT2D eigenvalue weighted by molar-refractivity contribution is 5.90. The third-order valence-electron chi connectivity index (χ3n) is 3.84. The van der Waals surface area contributed by atoms with Gasteiger partial charge in [-0.1, -0.05) is 19.3 Å². The third kappa shape index (κ3) is 4.82. The van der Waals surface area contributed by atoms with Gasteiger partial charge in [0.2, 0.25) is 11.8 Å². The molecule has 0 radical (unpaired) electrons. The molecule has 0 spiro atoms. The van der Waals surface area contributed by atoms with E-state index in [1.807, 2.05) is 0 Å². The fourth-order valence-corrected chi connectivity index (χ4v) is 2.70. The van der Waals surface area contributed by atoms with Gasteiger partial charge >= 0.3 is 0 Å². The van der Waals surface area contributed by atoms with Crippen molar-refractivity contribution in [2.45, 2.75) is 63.5 Å². The lowest BCUT2D eigenvalue weighted by Gasteiger charge is -2.22. The van der Waals surface area contributed by atoms with Crippen LogP contribution in [0.1, 0.15) is 51.4 Å². The van der Waals surface area contributed by atoms with Crippen molar-refractivity contribution in [3.63, 3.8) is 0 Å². The molecule has 1 saturated carbocycles. The Kier molecular flexibility index (Phi) is 5.63. The molecule has 2 amide bonds. The first-order valence-electron chi connectivity index (χ1n) is 7.44. The van der Waals surface area contributed by atoms with E-state index < -0.39 is 0 Å². The Morgan fingerprint density at radius 2 is 2.05 bits per heavy atom. The summed E-state index contributed by atoms with van der Waals surface area (Å²) in [4.78, 5) is 22.7. The van der Waals surface area contributed by atoms with Crippen LogP contribution in [0, 0.1) is 0 Å². The van der Waals surface area contributed by atoms with Crippen LogP contribution in [-0.2, 0) is 14.3 Å². The Balaban J connectivity index is 1.49. The quantitative estimate of drug-likeness (QED) is 0.709. The van der Waals surface area contributed by atoms with Gasteiger partial charge in [0.05, 0.1) is 6.10 Å². The van der Waals surface area contributed by atoms with Crippen LogP contribution in [0.4, 0.5) is 0 Å². The molecule has 2 N–H and O–H groups in total. The first-order chi connectivity index (χ1) is 9.25. The minimum atomic E-state index is -0.327. The minimum Gasteiger partial charge on any atom is -0.378 e. The number of rotatable bonds is 6. The highest BCUT2D eigenvalue weighted by Crippen LogP contribution is 2.20. The lowest BCUT2D eigenvalue weighted by molar-refractivity contribution is -0.125. The SMILES string of the molecule is O=C1CC[C@H](C(=O)NCCCOC2CCCCC2)N1. The molecule has 1 aliphatic heterocycles. The van der Waals surface area contributed by atoms with Gasteiger partial charge in [-0.25, -0.2) is 0 Å². The van der Waals surface area contributed by atoms with Crippen molar-refractivity contribution >= 4 is 11.8 Å².